The molecule has 1 aromatic heterocycles. The SMILES string of the molecule is COc1cccc(-n2nc(NCC(C)C)nc2N)c1. The molecule has 0 unspecified atom stereocenters. The first-order chi connectivity index (χ1) is 9.10. The summed E-state index contributed by atoms with van der Waals surface area (Å²) in [7, 11) is 1.62. The molecule has 1 aromatic carbocycles. The third-order valence-corrected chi connectivity index (χ3v) is 2.60. The molecule has 0 spiro atoms. The van der Waals surface area contributed by atoms with Crippen LogP contribution >= 0.6 is 0 Å². The summed E-state index contributed by atoms with van der Waals surface area (Å²) in [6.45, 7) is 5.05. The van der Waals surface area contributed by atoms with Crippen molar-refractivity contribution < 1.29 is 4.74 Å². The Labute approximate surface area is 112 Å². The molecule has 3 N–H and O–H groups in total. The summed E-state index contributed by atoms with van der Waals surface area (Å²) in [4.78, 5) is 4.19. The molecule has 0 saturated carbocycles. The van der Waals surface area contributed by atoms with Crippen molar-refractivity contribution in [1.82, 2.24) is 14.8 Å². The lowest BCUT2D eigenvalue weighted by Crippen LogP contribution is -2.09. The largest absolute Gasteiger partial charge is 0.497 e. The Morgan fingerprint density at radius 2 is 2.21 bits per heavy atom. The Morgan fingerprint density at radius 1 is 1.42 bits per heavy atom. The number of ether oxygens (including phenoxy) is 1. The van der Waals surface area contributed by atoms with Gasteiger partial charge in [-0.3, -0.25) is 0 Å². The van der Waals surface area contributed by atoms with Gasteiger partial charge in [0.25, 0.3) is 0 Å². The molecule has 2 aromatic rings. The van der Waals surface area contributed by atoms with Crippen molar-refractivity contribution in [2.75, 3.05) is 24.7 Å². The quantitative estimate of drug-likeness (QED) is 0.859. The number of rotatable bonds is 5. The molecule has 1 heterocycles. The Morgan fingerprint density at radius 3 is 2.89 bits per heavy atom. The van der Waals surface area contributed by atoms with Crippen molar-refractivity contribution in [2.45, 2.75) is 13.8 Å². The van der Waals surface area contributed by atoms with Gasteiger partial charge in [0.05, 0.1) is 12.8 Å². The lowest BCUT2D eigenvalue weighted by Gasteiger charge is -2.05. The van der Waals surface area contributed by atoms with E-state index in [0.29, 0.717) is 17.8 Å². The Bertz CT molecular complexity index is 550. The average Bonchev–Trinajstić information content (AvgIpc) is 2.78. The van der Waals surface area contributed by atoms with Crippen LogP contribution in [0, 0.1) is 5.92 Å². The number of methoxy groups -OCH3 is 1. The van der Waals surface area contributed by atoms with Crippen molar-refractivity contribution in [2.24, 2.45) is 5.92 Å². The van der Waals surface area contributed by atoms with E-state index in [4.69, 9.17) is 10.5 Å². The topological polar surface area (TPSA) is 78.0 Å². The zero-order valence-corrected chi connectivity index (χ0v) is 11.4. The third-order valence-electron chi connectivity index (χ3n) is 2.60. The highest BCUT2D eigenvalue weighted by Crippen LogP contribution is 2.18. The molecule has 0 aliphatic rings. The normalized spacial score (nSPS) is 10.7. The van der Waals surface area contributed by atoms with E-state index in [1.165, 1.54) is 0 Å². The summed E-state index contributed by atoms with van der Waals surface area (Å²) in [5.74, 6) is 2.16. The highest BCUT2D eigenvalue weighted by molar-refractivity contribution is 5.45. The molecule has 0 fully saturated rings. The van der Waals surface area contributed by atoms with Crippen LogP contribution in [0.25, 0.3) is 5.69 Å². The summed E-state index contributed by atoms with van der Waals surface area (Å²) in [5.41, 5.74) is 6.70. The number of hydrogen-bond acceptors (Lipinski definition) is 5. The average molecular weight is 261 g/mol. The van der Waals surface area contributed by atoms with Crippen molar-refractivity contribution in [3.63, 3.8) is 0 Å². The van der Waals surface area contributed by atoms with Crippen molar-refractivity contribution >= 4 is 11.9 Å². The van der Waals surface area contributed by atoms with E-state index in [-0.39, 0.29) is 0 Å². The number of benzene rings is 1. The van der Waals surface area contributed by atoms with Crippen LogP contribution in [0.15, 0.2) is 24.3 Å². The maximum atomic E-state index is 5.88. The third kappa shape index (κ3) is 3.15. The molecule has 0 saturated heterocycles. The van der Waals surface area contributed by atoms with Crippen LogP contribution in [-0.4, -0.2) is 28.4 Å². The van der Waals surface area contributed by atoms with E-state index in [1.54, 1.807) is 11.8 Å². The van der Waals surface area contributed by atoms with Crippen LogP contribution in [0.5, 0.6) is 5.75 Å². The van der Waals surface area contributed by atoms with Gasteiger partial charge >= 0.3 is 0 Å². The summed E-state index contributed by atoms with van der Waals surface area (Å²) in [6, 6.07) is 7.52. The van der Waals surface area contributed by atoms with Crippen LogP contribution in [0.2, 0.25) is 0 Å². The van der Waals surface area contributed by atoms with Crippen LogP contribution in [0.1, 0.15) is 13.8 Å². The minimum Gasteiger partial charge on any atom is -0.497 e. The van der Waals surface area contributed by atoms with E-state index >= 15 is 0 Å². The maximum absolute atomic E-state index is 5.88. The lowest BCUT2D eigenvalue weighted by atomic mass is 10.2. The van der Waals surface area contributed by atoms with E-state index < -0.39 is 0 Å². The van der Waals surface area contributed by atoms with Gasteiger partial charge in [0.2, 0.25) is 11.9 Å². The first kappa shape index (κ1) is 13.2. The second-order valence-corrected chi connectivity index (χ2v) is 4.68. The molecule has 0 bridgehead atoms. The van der Waals surface area contributed by atoms with Gasteiger partial charge in [-0.1, -0.05) is 19.9 Å². The predicted molar refractivity (Wildman–Crippen MR) is 75.7 cm³/mol. The zero-order valence-electron chi connectivity index (χ0n) is 11.4. The zero-order chi connectivity index (χ0) is 13.8. The van der Waals surface area contributed by atoms with Gasteiger partial charge in [-0.15, -0.1) is 5.10 Å². The minimum atomic E-state index is 0.347. The van der Waals surface area contributed by atoms with Crippen molar-refractivity contribution in [1.29, 1.82) is 0 Å². The Kier molecular flexibility index (Phi) is 3.89. The molecule has 0 atom stereocenters. The molecular formula is C13H19N5O. The number of nitrogen functional groups attached to an aromatic ring is 1. The second-order valence-electron chi connectivity index (χ2n) is 4.68. The molecule has 102 valence electrons. The van der Waals surface area contributed by atoms with E-state index in [2.05, 4.69) is 29.2 Å². The minimum absolute atomic E-state index is 0.347. The highest BCUT2D eigenvalue weighted by Gasteiger charge is 2.09. The molecule has 0 aliphatic heterocycles. The smallest absolute Gasteiger partial charge is 0.244 e. The molecule has 2 rings (SSSR count). The summed E-state index contributed by atoms with van der Waals surface area (Å²) >= 11 is 0. The Balaban J connectivity index is 2.24. The maximum Gasteiger partial charge on any atom is 0.244 e. The van der Waals surface area contributed by atoms with Crippen molar-refractivity contribution in [3.05, 3.63) is 24.3 Å². The fourth-order valence-corrected chi connectivity index (χ4v) is 1.63. The van der Waals surface area contributed by atoms with Gasteiger partial charge in [0, 0.05) is 12.6 Å². The molecular weight excluding hydrogens is 242 g/mol. The van der Waals surface area contributed by atoms with E-state index in [0.717, 1.165) is 18.0 Å². The molecule has 0 aliphatic carbocycles. The van der Waals surface area contributed by atoms with Gasteiger partial charge in [-0.05, 0) is 18.1 Å². The number of nitrogens with one attached hydrogen (secondary N) is 1. The van der Waals surface area contributed by atoms with Crippen LogP contribution in [0.4, 0.5) is 11.9 Å². The fourth-order valence-electron chi connectivity index (χ4n) is 1.63. The number of aromatic nitrogens is 3. The number of hydrogen-bond donors (Lipinski definition) is 2. The van der Waals surface area contributed by atoms with Crippen LogP contribution < -0.4 is 15.8 Å². The number of anilines is 2. The van der Waals surface area contributed by atoms with Gasteiger partial charge < -0.3 is 15.8 Å². The van der Waals surface area contributed by atoms with Gasteiger partial charge in [-0.2, -0.15) is 9.67 Å². The van der Waals surface area contributed by atoms with Crippen LogP contribution in [-0.2, 0) is 0 Å². The standard InChI is InChI=1S/C13H19N5O/c1-9(2)8-15-13-16-12(14)18(17-13)10-5-4-6-11(7-10)19-3/h4-7,9H,8H2,1-3H3,(H3,14,15,16,17). The van der Waals surface area contributed by atoms with Gasteiger partial charge in [0.15, 0.2) is 0 Å². The number of nitrogens with zero attached hydrogens (tertiary/aromatic N) is 3. The Hall–Kier alpha value is -2.24. The van der Waals surface area contributed by atoms with E-state index in [1.807, 2.05) is 24.3 Å². The van der Waals surface area contributed by atoms with Crippen molar-refractivity contribution in [3.8, 4) is 11.4 Å². The number of nitrogens with two attached hydrogens (primary N) is 1. The summed E-state index contributed by atoms with van der Waals surface area (Å²) < 4.78 is 6.77. The van der Waals surface area contributed by atoms with E-state index in [9.17, 15) is 0 Å². The highest BCUT2D eigenvalue weighted by atomic mass is 16.5. The molecule has 0 amide bonds. The predicted octanol–water partition coefficient (Wildman–Crippen LogP) is 1.93. The first-order valence-electron chi connectivity index (χ1n) is 6.21. The van der Waals surface area contributed by atoms with Gasteiger partial charge in [-0.25, -0.2) is 0 Å². The summed E-state index contributed by atoms with van der Waals surface area (Å²) in [5, 5.41) is 7.49. The fraction of sp³-hybridized carbons (Fsp3) is 0.385. The molecule has 19 heavy (non-hydrogen) atoms. The molecule has 6 nitrogen and oxygen atoms in total. The second kappa shape index (κ2) is 5.60. The summed E-state index contributed by atoms with van der Waals surface area (Å²) in [6.07, 6.45) is 0. The molecule has 6 heteroatoms. The van der Waals surface area contributed by atoms with Gasteiger partial charge in [0.1, 0.15) is 5.75 Å². The molecule has 0 radical (unpaired) electrons. The first-order valence-corrected chi connectivity index (χ1v) is 6.21. The lowest BCUT2D eigenvalue weighted by molar-refractivity contribution is 0.414. The monoisotopic (exact) mass is 261 g/mol. The van der Waals surface area contributed by atoms with Crippen LogP contribution in [0.3, 0.4) is 0 Å².